The number of phenolic OH excluding ortho intramolecular Hbond substituents is 1. The first kappa shape index (κ1) is 17.7. The Morgan fingerprint density at radius 3 is 2.40 bits per heavy atom. The lowest BCUT2D eigenvalue weighted by Crippen LogP contribution is -2.48. The summed E-state index contributed by atoms with van der Waals surface area (Å²) in [5.74, 6) is -1.31. The lowest BCUT2D eigenvalue weighted by molar-refractivity contribution is -0.118. The average Bonchev–Trinajstić information content (AvgIpc) is 2.59. The molecule has 0 aliphatic carbocycles. The van der Waals surface area contributed by atoms with Crippen molar-refractivity contribution in [2.24, 2.45) is 5.73 Å². The Balaban J connectivity index is 1.99. The number of rotatable bonds is 5. The number of carbonyl (C=O) groups excluding carboxylic acids is 1. The maximum absolute atomic E-state index is 13.0. The van der Waals surface area contributed by atoms with Gasteiger partial charge in [-0.05, 0) is 22.9 Å². The standard InChI is InChI=1S/C17H20N2O5S/c18-17(21)16(11-19-5-7-24-8-6-19)25(22,23)15-10-13-4-2-1-3-12(13)9-14(15)20/h1-4,9-10,16,20H,5-8,11H2,(H2,18,21). The molecule has 3 rings (SSSR count). The van der Waals surface area contributed by atoms with Crippen molar-refractivity contribution >= 4 is 26.5 Å². The van der Waals surface area contributed by atoms with Crippen LogP contribution < -0.4 is 5.73 Å². The fourth-order valence-corrected chi connectivity index (χ4v) is 4.61. The highest BCUT2D eigenvalue weighted by Crippen LogP contribution is 2.31. The third-order valence-corrected chi connectivity index (χ3v) is 6.42. The molecule has 1 fully saturated rings. The number of nitrogens with two attached hydrogens (primary N) is 1. The van der Waals surface area contributed by atoms with Crippen molar-refractivity contribution in [1.82, 2.24) is 4.90 Å². The number of aromatic hydroxyl groups is 1. The highest BCUT2D eigenvalue weighted by atomic mass is 32.2. The van der Waals surface area contributed by atoms with Crippen LogP contribution in [0.2, 0.25) is 0 Å². The maximum Gasteiger partial charge on any atom is 0.237 e. The lowest BCUT2D eigenvalue weighted by Gasteiger charge is -2.29. The van der Waals surface area contributed by atoms with Gasteiger partial charge >= 0.3 is 0 Å². The van der Waals surface area contributed by atoms with Crippen molar-refractivity contribution in [2.75, 3.05) is 32.8 Å². The summed E-state index contributed by atoms with van der Waals surface area (Å²) in [6, 6.07) is 9.85. The zero-order valence-corrected chi connectivity index (χ0v) is 14.4. The number of phenols is 1. The summed E-state index contributed by atoms with van der Waals surface area (Å²) in [5, 5.41) is 10.2. The highest BCUT2D eigenvalue weighted by Gasteiger charge is 2.36. The number of nitrogens with zero attached hydrogens (tertiary/aromatic N) is 1. The van der Waals surface area contributed by atoms with Gasteiger partial charge in [0.25, 0.3) is 0 Å². The van der Waals surface area contributed by atoms with Gasteiger partial charge in [0.05, 0.1) is 13.2 Å². The van der Waals surface area contributed by atoms with Gasteiger partial charge in [0.15, 0.2) is 15.1 Å². The largest absolute Gasteiger partial charge is 0.507 e. The molecule has 2 aromatic carbocycles. The van der Waals surface area contributed by atoms with Gasteiger partial charge in [0.1, 0.15) is 10.6 Å². The SMILES string of the molecule is NC(=O)C(CN1CCOCC1)S(=O)(=O)c1cc2ccccc2cc1O. The van der Waals surface area contributed by atoms with Crippen LogP contribution in [0.15, 0.2) is 41.3 Å². The first-order chi connectivity index (χ1) is 11.9. The molecule has 1 aliphatic rings. The third-order valence-electron chi connectivity index (χ3n) is 4.35. The number of sulfone groups is 1. The molecular weight excluding hydrogens is 344 g/mol. The molecule has 0 aromatic heterocycles. The number of primary amides is 1. The van der Waals surface area contributed by atoms with Gasteiger partial charge in [-0.15, -0.1) is 0 Å². The Hall–Kier alpha value is -2.16. The zero-order chi connectivity index (χ0) is 18.0. The van der Waals surface area contributed by atoms with Crippen molar-refractivity contribution < 1.29 is 23.1 Å². The molecule has 3 N–H and O–H groups in total. The number of hydrogen-bond donors (Lipinski definition) is 2. The summed E-state index contributed by atoms with van der Waals surface area (Å²) < 4.78 is 31.2. The molecule has 1 atom stereocenters. The van der Waals surface area contributed by atoms with E-state index in [4.69, 9.17) is 10.5 Å². The molecular formula is C17H20N2O5S. The van der Waals surface area contributed by atoms with Crippen LogP contribution in [0.4, 0.5) is 0 Å². The Bertz CT molecular complexity index is 891. The van der Waals surface area contributed by atoms with E-state index < -0.39 is 21.0 Å². The Labute approximate surface area is 145 Å². The van der Waals surface area contributed by atoms with Crippen molar-refractivity contribution in [3.63, 3.8) is 0 Å². The van der Waals surface area contributed by atoms with Crippen LogP contribution in [0.1, 0.15) is 0 Å². The summed E-state index contributed by atoms with van der Waals surface area (Å²) in [7, 11) is -4.13. The number of fused-ring (bicyclic) bond motifs is 1. The fourth-order valence-electron chi connectivity index (χ4n) is 2.95. The number of carbonyl (C=O) groups is 1. The molecule has 1 unspecified atom stereocenters. The van der Waals surface area contributed by atoms with E-state index in [9.17, 15) is 18.3 Å². The second kappa shape index (κ2) is 6.99. The highest BCUT2D eigenvalue weighted by molar-refractivity contribution is 7.93. The van der Waals surface area contributed by atoms with Gasteiger partial charge in [-0.2, -0.15) is 0 Å². The molecule has 25 heavy (non-hydrogen) atoms. The molecule has 134 valence electrons. The van der Waals surface area contributed by atoms with Crippen molar-refractivity contribution in [2.45, 2.75) is 10.1 Å². The predicted octanol–water partition coefficient (Wildman–Crippen LogP) is 0.505. The normalized spacial score (nSPS) is 17.4. The van der Waals surface area contributed by atoms with E-state index in [0.29, 0.717) is 37.1 Å². The van der Waals surface area contributed by atoms with Crippen molar-refractivity contribution in [1.29, 1.82) is 0 Å². The number of amides is 1. The average molecular weight is 364 g/mol. The lowest BCUT2D eigenvalue weighted by atomic mass is 10.1. The monoisotopic (exact) mass is 364 g/mol. The van der Waals surface area contributed by atoms with E-state index in [1.165, 1.54) is 12.1 Å². The van der Waals surface area contributed by atoms with Gasteiger partial charge in [-0.3, -0.25) is 9.69 Å². The molecule has 2 aromatic rings. The van der Waals surface area contributed by atoms with Gasteiger partial charge in [0.2, 0.25) is 5.91 Å². The summed E-state index contributed by atoms with van der Waals surface area (Å²) in [6.45, 7) is 2.00. The zero-order valence-electron chi connectivity index (χ0n) is 13.6. The van der Waals surface area contributed by atoms with Gasteiger partial charge in [-0.1, -0.05) is 24.3 Å². The van der Waals surface area contributed by atoms with E-state index in [1.54, 1.807) is 24.3 Å². The van der Waals surface area contributed by atoms with Crippen LogP contribution in [-0.4, -0.2) is 62.4 Å². The summed E-state index contributed by atoms with van der Waals surface area (Å²) in [6.07, 6.45) is 0. The van der Waals surface area contributed by atoms with Crippen LogP contribution in [0.5, 0.6) is 5.75 Å². The molecule has 0 spiro atoms. The van der Waals surface area contributed by atoms with E-state index in [0.717, 1.165) is 0 Å². The molecule has 1 aliphatic heterocycles. The number of morpholine rings is 1. The van der Waals surface area contributed by atoms with Crippen LogP contribution in [0.3, 0.4) is 0 Å². The van der Waals surface area contributed by atoms with Gasteiger partial charge in [0, 0.05) is 19.6 Å². The minimum absolute atomic E-state index is 0.0205. The first-order valence-electron chi connectivity index (χ1n) is 7.94. The number of ether oxygens (including phenoxy) is 1. The second-order valence-corrected chi connectivity index (χ2v) is 8.11. The van der Waals surface area contributed by atoms with E-state index in [-0.39, 0.29) is 17.2 Å². The molecule has 1 saturated heterocycles. The minimum Gasteiger partial charge on any atom is -0.507 e. The molecule has 1 heterocycles. The quantitative estimate of drug-likeness (QED) is 0.800. The maximum atomic E-state index is 13.0. The van der Waals surface area contributed by atoms with Crippen LogP contribution >= 0.6 is 0 Å². The molecule has 7 nitrogen and oxygen atoms in total. The predicted molar refractivity (Wildman–Crippen MR) is 93.0 cm³/mol. The fraction of sp³-hybridized carbons (Fsp3) is 0.353. The summed E-state index contributed by atoms with van der Waals surface area (Å²) in [5.41, 5.74) is 5.38. The molecule has 1 amide bonds. The third kappa shape index (κ3) is 3.60. The summed E-state index contributed by atoms with van der Waals surface area (Å²) in [4.78, 5) is 13.4. The van der Waals surface area contributed by atoms with Crippen molar-refractivity contribution in [3.8, 4) is 5.75 Å². The second-order valence-electron chi connectivity index (χ2n) is 6.02. The molecule has 0 bridgehead atoms. The molecule has 0 radical (unpaired) electrons. The number of hydrogen-bond acceptors (Lipinski definition) is 6. The van der Waals surface area contributed by atoms with E-state index in [2.05, 4.69) is 0 Å². The van der Waals surface area contributed by atoms with Crippen LogP contribution in [0, 0.1) is 0 Å². The Kier molecular flexibility index (Phi) is 4.94. The number of benzene rings is 2. The van der Waals surface area contributed by atoms with E-state index in [1.807, 2.05) is 4.90 Å². The molecule has 8 heteroatoms. The topological polar surface area (TPSA) is 110 Å². The minimum atomic E-state index is -4.13. The Morgan fingerprint density at radius 2 is 1.80 bits per heavy atom. The van der Waals surface area contributed by atoms with Crippen LogP contribution in [-0.2, 0) is 19.4 Å². The van der Waals surface area contributed by atoms with Crippen molar-refractivity contribution in [3.05, 3.63) is 36.4 Å². The Morgan fingerprint density at radius 1 is 1.20 bits per heavy atom. The van der Waals surface area contributed by atoms with E-state index >= 15 is 0 Å². The molecule has 0 saturated carbocycles. The van der Waals surface area contributed by atoms with Gasteiger partial charge in [-0.25, -0.2) is 8.42 Å². The van der Waals surface area contributed by atoms with Crippen LogP contribution in [0.25, 0.3) is 10.8 Å². The smallest absolute Gasteiger partial charge is 0.237 e. The van der Waals surface area contributed by atoms with Gasteiger partial charge < -0.3 is 15.6 Å². The summed E-state index contributed by atoms with van der Waals surface area (Å²) >= 11 is 0. The first-order valence-corrected chi connectivity index (χ1v) is 9.49.